The number of rotatable bonds is 3. The van der Waals surface area contributed by atoms with Crippen LogP contribution in [0.3, 0.4) is 0 Å². The zero-order valence-electron chi connectivity index (χ0n) is 10.5. The molecule has 0 saturated heterocycles. The van der Waals surface area contributed by atoms with Crippen LogP contribution in [0.2, 0.25) is 0 Å². The number of hydrogen-bond donors (Lipinski definition) is 2. The maximum Gasteiger partial charge on any atom is 0.251 e. The van der Waals surface area contributed by atoms with Crippen molar-refractivity contribution in [3.05, 3.63) is 63.6 Å². The Morgan fingerprint density at radius 1 is 1.26 bits per heavy atom. The van der Waals surface area contributed by atoms with Crippen molar-refractivity contribution in [2.75, 3.05) is 0 Å². The Balaban J connectivity index is 2.03. The number of hydrogen-bond acceptors (Lipinski definition) is 2. The Hall–Kier alpha value is -1.81. The van der Waals surface area contributed by atoms with Gasteiger partial charge in [-0.15, -0.1) is 0 Å². The minimum atomic E-state index is -0.204. The molecule has 0 aromatic heterocycles. The van der Waals surface area contributed by atoms with Crippen molar-refractivity contribution in [1.29, 1.82) is 0 Å². The van der Waals surface area contributed by atoms with Gasteiger partial charge in [0.25, 0.3) is 5.91 Å². The van der Waals surface area contributed by atoms with Crippen LogP contribution in [-0.2, 0) is 6.54 Å². The van der Waals surface area contributed by atoms with Gasteiger partial charge in [0.15, 0.2) is 0 Å². The van der Waals surface area contributed by atoms with E-state index in [1.807, 2.05) is 31.2 Å². The van der Waals surface area contributed by atoms with Gasteiger partial charge in [0.1, 0.15) is 5.75 Å². The molecule has 1 amide bonds. The van der Waals surface area contributed by atoms with E-state index in [1.54, 1.807) is 12.1 Å². The summed E-state index contributed by atoms with van der Waals surface area (Å²) >= 11 is 3.18. The van der Waals surface area contributed by atoms with Crippen molar-refractivity contribution in [3.63, 3.8) is 0 Å². The smallest absolute Gasteiger partial charge is 0.251 e. The average molecular weight is 320 g/mol. The van der Waals surface area contributed by atoms with E-state index >= 15 is 0 Å². The summed E-state index contributed by atoms with van der Waals surface area (Å²) in [5.41, 5.74) is 2.65. The molecule has 0 radical (unpaired) electrons. The summed E-state index contributed by atoms with van der Waals surface area (Å²) in [7, 11) is 0. The first-order chi connectivity index (χ1) is 9.06. The molecule has 19 heavy (non-hydrogen) atoms. The van der Waals surface area contributed by atoms with E-state index in [0.717, 1.165) is 11.1 Å². The van der Waals surface area contributed by atoms with Gasteiger partial charge < -0.3 is 10.4 Å². The summed E-state index contributed by atoms with van der Waals surface area (Å²) in [6.45, 7) is 2.48. The molecule has 0 aliphatic carbocycles. The quantitative estimate of drug-likeness (QED) is 0.911. The molecular formula is C15H14BrNO2. The van der Waals surface area contributed by atoms with E-state index in [-0.39, 0.29) is 11.7 Å². The van der Waals surface area contributed by atoms with E-state index < -0.39 is 0 Å². The third kappa shape index (κ3) is 3.58. The van der Waals surface area contributed by atoms with Crippen LogP contribution in [0.15, 0.2) is 46.9 Å². The summed E-state index contributed by atoms with van der Waals surface area (Å²) in [6, 6.07) is 12.7. The minimum Gasteiger partial charge on any atom is -0.507 e. The molecule has 0 heterocycles. The van der Waals surface area contributed by atoms with Crippen LogP contribution in [0.4, 0.5) is 0 Å². The number of aromatic hydroxyl groups is 1. The van der Waals surface area contributed by atoms with E-state index in [1.165, 1.54) is 6.07 Å². The van der Waals surface area contributed by atoms with Gasteiger partial charge >= 0.3 is 0 Å². The van der Waals surface area contributed by atoms with Crippen molar-refractivity contribution in [1.82, 2.24) is 5.32 Å². The maximum atomic E-state index is 11.9. The fourth-order valence-electron chi connectivity index (χ4n) is 1.76. The minimum absolute atomic E-state index is 0.0585. The van der Waals surface area contributed by atoms with Gasteiger partial charge in [-0.05, 0) is 46.6 Å². The highest BCUT2D eigenvalue weighted by atomic mass is 79.9. The fourth-order valence-corrected chi connectivity index (χ4v) is 2.01. The molecule has 4 heteroatoms. The van der Waals surface area contributed by atoms with Crippen LogP contribution in [0.1, 0.15) is 21.5 Å². The maximum absolute atomic E-state index is 11.9. The summed E-state index contributed by atoms with van der Waals surface area (Å²) < 4.78 is 0.572. The molecule has 0 atom stereocenters. The summed E-state index contributed by atoms with van der Waals surface area (Å²) in [4.78, 5) is 11.9. The second-order valence-corrected chi connectivity index (χ2v) is 5.19. The van der Waals surface area contributed by atoms with Gasteiger partial charge in [-0.1, -0.05) is 29.8 Å². The van der Waals surface area contributed by atoms with Crippen molar-refractivity contribution in [2.45, 2.75) is 13.5 Å². The zero-order valence-corrected chi connectivity index (χ0v) is 12.1. The first-order valence-corrected chi connectivity index (χ1v) is 6.68. The highest BCUT2D eigenvalue weighted by Gasteiger charge is 2.07. The first-order valence-electron chi connectivity index (χ1n) is 5.88. The number of amides is 1. The molecule has 3 nitrogen and oxygen atoms in total. The summed E-state index contributed by atoms with van der Waals surface area (Å²) in [6.07, 6.45) is 0. The van der Waals surface area contributed by atoms with Gasteiger partial charge in [-0.25, -0.2) is 0 Å². The van der Waals surface area contributed by atoms with Crippen LogP contribution >= 0.6 is 15.9 Å². The topological polar surface area (TPSA) is 49.3 Å². The van der Waals surface area contributed by atoms with Crippen LogP contribution in [0.5, 0.6) is 5.75 Å². The van der Waals surface area contributed by atoms with Crippen molar-refractivity contribution < 1.29 is 9.90 Å². The highest BCUT2D eigenvalue weighted by molar-refractivity contribution is 9.10. The lowest BCUT2D eigenvalue weighted by Crippen LogP contribution is -2.22. The normalized spacial score (nSPS) is 10.2. The third-order valence-corrected chi connectivity index (χ3v) is 3.41. The molecule has 2 aromatic rings. The van der Waals surface area contributed by atoms with E-state index in [0.29, 0.717) is 16.6 Å². The molecule has 0 aliphatic heterocycles. The number of benzene rings is 2. The molecule has 0 fully saturated rings. The molecular weight excluding hydrogens is 306 g/mol. The van der Waals surface area contributed by atoms with Gasteiger partial charge in [0.2, 0.25) is 0 Å². The monoisotopic (exact) mass is 319 g/mol. The molecule has 2 rings (SSSR count). The summed E-state index contributed by atoms with van der Waals surface area (Å²) in [5.74, 6) is -0.146. The molecule has 98 valence electrons. The third-order valence-electron chi connectivity index (χ3n) is 2.74. The zero-order chi connectivity index (χ0) is 13.8. The van der Waals surface area contributed by atoms with Crippen LogP contribution in [0, 0.1) is 6.92 Å². The SMILES string of the molecule is Cc1cccc(CNC(=O)c2ccc(Br)c(O)c2)c1. The Bertz CT molecular complexity index is 611. The predicted molar refractivity (Wildman–Crippen MR) is 78.2 cm³/mol. The summed E-state index contributed by atoms with van der Waals surface area (Å²) in [5, 5.41) is 12.4. The van der Waals surface area contributed by atoms with Crippen molar-refractivity contribution in [2.24, 2.45) is 0 Å². The van der Waals surface area contributed by atoms with E-state index in [9.17, 15) is 9.90 Å². The number of aryl methyl sites for hydroxylation is 1. The second-order valence-electron chi connectivity index (χ2n) is 4.34. The van der Waals surface area contributed by atoms with Crippen molar-refractivity contribution >= 4 is 21.8 Å². The number of carbonyl (C=O) groups excluding carboxylic acids is 1. The molecule has 2 N–H and O–H groups in total. The largest absolute Gasteiger partial charge is 0.507 e. The Labute approximate surface area is 120 Å². The number of nitrogens with one attached hydrogen (secondary N) is 1. The van der Waals surface area contributed by atoms with Gasteiger partial charge in [0.05, 0.1) is 4.47 Å². The lowest BCUT2D eigenvalue weighted by atomic mass is 10.1. The predicted octanol–water partition coefficient (Wildman–Crippen LogP) is 3.39. The molecule has 0 saturated carbocycles. The van der Waals surface area contributed by atoms with Gasteiger partial charge in [-0.2, -0.15) is 0 Å². The van der Waals surface area contributed by atoms with E-state index in [4.69, 9.17) is 0 Å². The number of phenolic OH excluding ortho intramolecular Hbond substituents is 1. The lowest BCUT2D eigenvalue weighted by Gasteiger charge is -2.07. The number of halogens is 1. The van der Waals surface area contributed by atoms with Crippen LogP contribution in [-0.4, -0.2) is 11.0 Å². The molecule has 2 aromatic carbocycles. The van der Waals surface area contributed by atoms with Crippen LogP contribution < -0.4 is 5.32 Å². The fraction of sp³-hybridized carbons (Fsp3) is 0.133. The van der Waals surface area contributed by atoms with Crippen molar-refractivity contribution in [3.8, 4) is 5.75 Å². The van der Waals surface area contributed by atoms with Crippen LogP contribution in [0.25, 0.3) is 0 Å². The lowest BCUT2D eigenvalue weighted by molar-refractivity contribution is 0.0950. The average Bonchev–Trinajstić information content (AvgIpc) is 2.39. The first kappa shape index (κ1) is 13.6. The standard InChI is InChI=1S/C15H14BrNO2/c1-10-3-2-4-11(7-10)9-17-15(19)12-5-6-13(16)14(18)8-12/h2-8,18H,9H2,1H3,(H,17,19). The molecule has 0 aliphatic rings. The molecule has 0 unspecified atom stereocenters. The van der Waals surface area contributed by atoms with Gasteiger partial charge in [0, 0.05) is 12.1 Å². The van der Waals surface area contributed by atoms with E-state index in [2.05, 4.69) is 21.2 Å². The Morgan fingerprint density at radius 2 is 2.05 bits per heavy atom. The number of carbonyl (C=O) groups is 1. The Morgan fingerprint density at radius 3 is 2.74 bits per heavy atom. The number of phenols is 1. The molecule has 0 spiro atoms. The molecule has 0 bridgehead atoms. The Kier molecular flexibility index (Phi) is 4.22. The highest BCUT2D eigenvalue weighted by Crippen LogP contribution is 2.24. The second kappa shape index (κ2) is 5.89. The van der Waals surface area contributed by atoms with Gasteiger partial charge in [-0.3, -0.25) is 4.79 Å².